The van der Waals surface area contributed by atoms with Crippen LogP contribution in [0.3, 0.4) is 0 Å². The van der Waals surface area contributed by atoms with E-state index in [1.54, 1.807) is 6.08 Å². The van der Waals surface area contributed by atoms with Crippen LogP contribution >= 0.6 is 23.2 Å². The standard InChI is InChI=1S/C14H24Cl2O2Si/c1-13(2,3)19(6,7)18-12(17)11-9(8-10(15)16)14(11,4)5/h8-9,11H,1-7H3. The Bertz CT molecular complexity index is 404. The van der Waals surface area contributed by atoms with Crippen molar-refractivity contribution in [3.8, 4) is 0 Å². The minimum absolute atomic E-state index is 0.0250. The van der Waals surface area contributed by atoms with E-state index >= 15 is 0 Å². The van der Waals surface area contributed by atoms with Crippen LogP contribution in [0.25, 0.3) is 0 Å². The maximum absolute atomic E-state index is 12.4. The Kier molecular flexibility index (Phi) is 4.56. The molecule has 0 bridgehead atoms. The van der Waals surface area contributed by atoms with Crippen LogP contribution in [0.2, 0.25) is 18.1 Å². The van der Waals surface area contributed by atoms with Crippen molar-refractivity contribution < 1.29 is 9.22 Å². The van der Waals surface area contributed by atoms with Crippen LogP contribution in [0.15, 0.2) is 10.6 Å². The van der Waals surface area contributed by atoms with Gasteiger partial charge in [0.05, 0.1) is 5.92 Å². The molecule has 0 aromatic rings. The van der Waals surface area contributed by atoms with Gasteiger partial charge in [-0.25, -0.2) is 0 Å². The molecule has 0 radical (unpaired) electrons. The molecule has 0 spiro atoms. The van der Waals surface area contributed by atoms with E-state index < -0.39 is 8.32 Å². The molecule has 0 heterocycles. The summed E-state index contributed by atoms with van der Waals surface area (Å²) in [6, 6.07) is 0. The zero-order valence-electron chi connectivity index (χ0n) is 12.8. The van der Waals surface area contributed by atoms with Gasteiger partial charge in [-0.2, -0.15) is 0 Å². The highest BCUT2D eigenvalue weighted by Gasteiger charge is 2.62. The summed E-state index contributed by atoms with van der Waals surface area (Å²) >= 11 is 11.4. The Morgan fingerprint density at radius 2 is 1.74 bits per heavy atom. The monoisotopic (exact) mass is 322 g/mol. The zero-order chi connectivity index (χ0) is 15.2. The minimum Gasteiger partial charge on any atom is -0.519 e. The van der Waals surface area contributed by atoms with Crippen LogP contribution in [0, 0.1) is 17.3 Å². The zero-order valence-corrected chi connectivity index (χ0v) is 15.3. The molecular formula is C14H24Cl2O2Si. The fraction of sp³-hybridized carbons (Fsp3) is 0.786. The van der Waals surface area contributed by atoms with Crippen molar-refractivity contribution in [3.05, 3.63) is 10.6 Å². The van der Waals surface area contributed by atoms with E-state index in [0.717, 1.165) is 0 Å². The second-order valence-corrected chi connectivity index (χ2v) is 13.2. The Balaban J connectivity index is 2.80. The lowest BCUT2D eigenvalue weighted by atomic mass is 10.1. The Morgan fingerprint density at radius 1 is 1.26 bits per heavy atom. The van der Waals surface area contributed by atoms with Crippen molar-refractivity contribution in [2.45, 2.75) is 52.8 Å². The van der Waals surface area contributed by atoms with Gasteiger partial charge >= 0.3 is 0 Å². The first kappa shape index (κ1) is 17.1. The van der Waals surface area contributed by atoms with E-state index in [9.17, 15) is 4.79 Å². The summed E-state index contributed by atoms with van der Waals surface area (Å²) in [6.07, 6.45) is 1.75. The van der Waals surface area contributed by atoms with Crippen molar-refractivity contribution in [1.29, 1.82) is 0 Å². The highest BCUT2D eigenvalue weighted by Crippen LogP contribution is 2.60. The van der Waals surface area contributed by atoms with E-state index in [1.807, 2.05) is 13.8 Å². The van der Waals surface area contributed by atoms with Crippen molar-refractivity contribution in [2.24, 2.45) is 17.3 Å². The average Bonchev–Trinajstić information content (AvgIpc) is 2.63. The summed E-state index contributed by atoms with van der Waals surface area (Å²) in [6.45, 7) is 14.6. The molecule has 2 nitrogen and oxygen atoms in total. The second-order valence-electron chi connectivity index (χ2n) is 7.46. The number of halogens is 2. The van der Waals surface area contributed by atoms with Crippen LogP contribution in [-0.2, 0) is 9.22 Å². The van der Waals surface area contributed by atoms with Gasteiger partial charge in [-0.05, 0) is 35.5 Å². The van der Waals surface area contributed by atoms with E-state index in [0.29, 0.717) is 0 Å². The fourth-order valence-corrected chi connectivity index (χ4v) is 3.25. The lowest BCUT2D eigenvalue weighted by Gasteiger charge is -2.35. The molecule has 19 heavy (non-hydrogen) atoms. The molecule has 0 aromatic heterocycles. The molecule has 0 amide bonds. The molecule has 0 N–H and O–H groups in total. The Morgan fingerprint density at radius 3 is 2.11 bits per heavy atom. The molecule has 5 heteroatoms. The lowest BCUT2D eigenvalue weighted by Crippen LogP contribution is -2.43. The molecule has 2 atom stereocenters. The van der Waals surface area contributed by atoms with E-state index in [1.165, 1.54) is 0 Å². The fourth-order valence-electron chi connectivity index (χ4n) is 2.04. The van der Waals surface area contributed by atoms with Crippen LogP contribution in [0.5, 0.6) is 0 Å². The molecule has 110 valence electrons. The molecular weight excluding hydrogens is 299 g/mol. The third-order valence-corrected chi connectivity index (χ3v) is 9.21. The van der Waals surface area contributed by atoms with Gasteiger partial charge in [0.25, 0.3) is 14.3 Å². The SMILES string of the molecule is CC1(C)C(C=C(Cl)Cl)C1C(=O)O[Si](C)(C)C(C)(C)C. The van der Waals surface area contributed by atoms with E-state index in [2.05, 4.69) is 33.9 Å². The predicted octanol–water partition coefficient (Wildman–Crippen LogP) is 5.13. The van der Waals surface area contributed by atoms with E-state index in [4.69, 9.17) is 27.6 Å². The summed E-state index contributed by atoms with van der Waals surface area (Å²) in [7, 11) is -2.06. The molecule has 1 aliphatic carbocycles. The van der Waals surface area contributed by atoms with Crippen molar-refractivity contribution in [2.75, 3.05) is 0 Å². The Labute approximate surface area is 127 Å². The number of carbonyl (C=O) groups is 1. The van der Waals surface area contributed by atoms with Crippen LogP contribution in [0.4, 0.5) is 0 Å². The highest BCUT2D eigenvalue weighted by molar-refractivity contribution is 6.75. The van der Waals surface area contributed by atoms with Gasteiger partial charge in [0.2, 0.25) is 0 Å². The van der Waals surface area contributed by atoms with Gasteiger partial charge in [-0.1, -0.05) is 57.8 Å². The summed E-state index contributed by atoms with van der Waals surface area (Å²) in [4.78, 5) is 12.4. The number of allylic oxidation sites excluding steroid dienone is 1. The third kappa shape index (κ3) is 3.56. The first-order valence-electron chi connectivity index (χ1n) is 6.56. The minimum atomic E-state index is -2.06. The first-order valence-corrected chi connectivity index (χ1v) is 10.2. The second kappa shape index (κ2) is 5.08. The average molecular weight is 323 g/mol. The topological polar surface area (TPSA) is 26.3 Å². The van der Waals surface area contributed by atoms with Gasteiger partial charge in [0.1, 0.15) is 4.49 Å². The molecule has 0 saturated heterocycles. The smallest absolute Gasteiger partial charge is 0.296 e. The highest BCUT2D eigenvalue weighted by atomic mass is 35.5. The van der Waals surface area contributed by atoms with Crippen molar-refractivity contribution in [3.63, 3.8) is 0 Å². The van der Waals surface area contributed by atoms with Crippen LogP contribution < -0.4 is 0 Å². The first-order chi connectivity index (χ1) is 8.30. The van der Waals surface area contributed by atoms with Crippen molar-refractivity contribution >= 4 is 37.5 Å². The lowest BCUT2D eigenvalue weighted by molar-refractivity contribution is -0.137. The molecule has 1 aliphatic rings. The quantitative estimate of drug-likeness (QED) is 0.673. The molecule has 1 saturated carbocycles. The van der Waals surface area contributed by atoms with Gasteiger partial charge in [0, 0.05) is 0 Å². The summed E-state index contributed by atoms with van der Waals surface area (Å²) in [5.74, 6) is -0.156. The molecule has 1 fully saturated rings. The Hall–Kier alpha value is 0.00688. The van der Waals surface area contributed by atoms with Crippen LogP contribution in [0.1, 0.15) is 34.6 Å². The number of rotatable bonds is 3. The molecule has 1 rings (SSSR count). The maximum Gasteiger partial charge on any atom is 0.296 e. The molecule has 0 aliphatic heterocycles. The number of hydrogen-bond donors (Lipinski definition) is 0. The maximum atomic E-state index is 12.4. The van der Waals surface area contributed by atoms with Gasteiger partial charge in [0.15, 0.2) is 0 Å². The number of hydrogen-bond acceptors (Lipinski definition) is 2. The summed E-state index contributed by atoms with van der Waals surface area (Å²) in [5, 5.41) is 0.0250. The molecule has 0 aromatic carbocycles. The predicted molar refractivity (Wildman–Crippen MR) is 83.8 cm³/mol. The third-order valence-electron chi connectivity index (χ3n) is 4.63. The normalized spacial score (nSPS) is 25.7. The van der Waals surface area contributed by atoms with E-state index in [-0.39, 0.29) is 32.7 Å². The van der Waals surface area contributed by atoms with Gasteiger partial charge in [-0.3, -0.25) is 4.79 Å². The van der Waals surface area contributed by atoms with Crippen LogP contribution in [-0.4, -0.2) is 14.3 Å². The largest absolute Gasteiger partial charge is 0.519 e. The summed E-state index contributed by atoms with van der Waals surface area (Å²) in [5.41, 5.74) is -0.117. The van der Waals surface area contributed by atoms with Crippen molar-refractivity contribution in [1.82, 2.24) is 0 Å². The van der Waals surface area contributed by atoms with Gasteiger partial charge in [-0.15, -0.1) is 0 Å². The number of carbonyl (C=O) groups excluding carboxylic acids is 1. The molecule has 2 unspecified atom stereocenters. The summed E-state index contributed by atoms with van der Waals surface area (Å²) < 4.78 is 6.08. The van der Waals surface area contributed by atoms with Gasteiger partial charge < -0.3 is 4.43 Å².